The van der Waals surface area contributed by atoms with Crippen LogP contribution in [0.3, 0.4) is 0 Å². The van der Waals surface area contributed by atoms with Crippen molar-refractivity contribution < 1.29 is 4.79 Å². The van der Waals surface area contributed by atoms with Gasteiger partial charge >= 0.3 is 0 Å². The molecule has 3 aromatic rings. The number of hydrogen-bond acceptors (Lipinski definition) is 2. The molecule has 1 aromatic heterocycles. The van der Waals surface area contributed by atoms with E-state index in [1.54, 1.807) is 0 Å². The van der Waals surface area contributed by atoms with Crippen molar-refractivity contribution in [2.45, 2.75) is 26.3 Å². The summed E-state index contributed by atoms with van der Waals surface area (Å²) in [5.41, 5.74) is 4.97. The molecule has 1 N–H and O–H groups in total. The quantitative estimate of drug-likeness (QED) is 0.780. The molecule has 4 rings (SSSR count). The summed E-state index contributed by atoms with van der Waals surface area (Å²) in [6.07, 6.45) is 1.50. The summed E-state index contributed by atoms with van der Waals surface area (Å²) in [6, 6.07) is 18.9. The molecule has 2 heterocycles. The van der Waals surface area contributed by atoms with Gasteiger partial charge in [-0.05, 0) is 30.5 Å². The molecule has 1 atom stereocenters. The molecular weight excluding hydrogens is 308 g/mol. The van der Waals surface area contributed by atoms with Gasteiger partial charge in [-0.1, -0.05) is 48.5 Å². The smallest absolute Gasteiger partial charge is 0.138 e. The third kappa shape index (κ3) is 3.38. The number of benzene rings is 2. The van der Waals surface area contributed by atoms with Crippen molar-refractivity contribution >= 4 is 16.7 Å². The van der Waals surface area contributed by atoms with Crippen molar-refractivity contribution in [1.29, 1.82) is 0 Å². The molecular formula is C22H24N2O. The number of aromatic amines is 1. The van der Waals surface area contributed by atoms with E-state index < -0.39 is 0 Å². The summed E-state index contributed by atoms with van der Waals surface area (Å²) in [6.45, 7) is 4.77. The fraction of sp³-hybridized carbons (Fsp3) is 0.318. The highest BCUT2D eigenvalue weighted by Gasteiger charge is 2.28. The van der Waals surface area contributed by atoms with E-state index in [-0.39, 0.29) is 5.92 Å². The standard InChI is InChI=1S/C22H24N2O/c1-16-20(19-9-5-6-10-21(19)23-16)13-18-15-24(12-11-22(18)25)14-17-7-3-2-4-8-17/h2-10,18,23H,11-15H2,1H3. The van der Waals surface area contributed by atoms with Gasteiger partial charge in [0.05, 0.1) is 0 Å². The minimum Gasteiger partial charge on any atom is -0.358 e. The molecule has 0 radical (unpaired) electrons. The molecule has 1 saturated heterocycles. The number of carbonyl (C=O) groups excluding carboxylic acids is 1. The van der Waals surface area contributed by atoms with Crippen LogP contribution in [0.25, 0.3) is 10.9 Å². The second-order valence-corrected chi connectivity index (χ2v) is 7.11. The number of nitrogens with zero attached hydrogens (tertiary/aromatic N) is 1. The molecule has 1 fully saturated rings. The topological polar surface area (TPSA) is 36.1 Å². The van der Waals surface area contributed by atoms with E-state index in [9.17, 15) is 4.79 Å². The first-order valence-electron chi connectivity index (χ1n) is 9.06. The Morgan fingerprint density at radius 1 is 1.08 bits per heavy atom. The van der Waals surface area contributed by atoms with Crippen LogP contribution in [0.2, 0.25) is 0 Å². The van der Waals surface area contributed by atoms with E-state index >= 15 is 0 Å². The van der Waals surface area contributed by atoms with Crippen LogP contribution in [0.5, 0.6) is 0 Å². The lowest BCUT2D eigenvalue weighted by Crippen LogP contribution is -2.41. The average molecular weight is 332 g/mol. The summed E-state index contributed by atoms with van der Waals surface area (Å²) < 4.78 is 0. The number of ketones is 1. The Morgan fingerprint density at radius 3 is 2.68 bits per heavy atom. The monoisotopic (exact) mass is 332 g/mol. The van der Waals surface area contributed by atoms with Gasteiger partial charge in [-0.15, -0.1) is 0 Å². The number of Topliss-reactive ketones (excluding diaryl/α,β-unsaturated/α-hetero) is 1. The zero-order chi connectivity index (χ0) is 17.2. The van der Waals surface area contributed by atoms with Crippen LogP contribution in [0.4, 0.5) is 0 Å². The maximum atomic E-state index is 12.5. The van der Waals surface area contributed by atoms with Gasteiger partial charge in [0.15, 0.2) is 0 Å². The van der Waals surface area contributed by atoms with Gasteiger partial charge in [0.1, 0.15) is 5.78 Å². The molecule has 1 aliphatic rings. The molecule has 0 amide bonds. The first-order chi connectivity index (χ1) is 12.2. The van der Waals surface area contributed by atoms with Gasteiger partial charge in [-0.2, -0.15) is 0 Å². The third-order valence-electron chi connectivity index (χ3n) is 5.33. The highest BCUT2D eigenvalue weighted by Crippen LogP contribution is 2.27. The number of hydrogen-bond donors (Lipinski definition) is 1. The maximum absolute atomic E-state index is 12.5. The summed E-state index contributed by atoms with van der Waals surface area (Å²) in [7, 11) is 0. The number of piperidine rings is 1. The zero-order valence-electron chi connectivity index (χ0n) is 14.7. The van der Waals surface area contributed by atoms with Crippen LogP contribution in [-0.2, 0) is 17.8 Å². The number of fused-ring (bicyclic) bond motifs is 1. The molecule has 0 spiro atoms. The van der Waals surface area contributed by atoms with Crippen LogP contribution < -0.4 is 0 Å². The molecule has 128 valence electrons. The van der Waals surface area contributed by atoms with Gasteiger partial charge in [0.25, 0.3) is 0 Å². The molecule has 3 nitrogen and oxygen atoms in total. The molecule has 1 unspecified atom stereocenters. The van der Waals surface area contributed by atoms with E-state index in [0.29, 0.717) is 12.2 Å². The average Bonchev–Trinajstić information content (AvgIpc) is 2.94. The van der Waals surface area contributed by atoms with Crippen molar-refractivity contribution in [3.8, 4) is 0 Å². The Balaban J connectivity index is 1.52. The van der Waals surface area contributed by atoms with Gasteiger partial charge < -0.3 is 4.98 Å². The first kappa shape index (κ1) is 16.1. The highest BCUT2D eigenvalue weighted by atomic mass is 16.1. The van der Waals surface area contributed by atoms with E-state index in [2.05, 4.69) is 65.3 Å². The summed E-state index contributed by atoms with van der Waals surface area (Å²) in [4.78, 5) is 18.4. The number of para-hydroxylation sites is 1. The Labute approximate surface area is 148 Å². The Hall–Kier alpha value is -2.39. The fourth-order valence-corrected chi connectivity index (χ4v) is 3.98. The van der Waals surface area contributed by atoms with E-state index in [4.69, 9.17) is 0 Å². The zero-order valence-corrected chi connectivity index (χ0v) is 14.7. The lowest BCUT2D eigenvalue weighted by Gasteiger charge is -2.32. The Morgan fingerprint density at radius 2 is 1.84 bits per heavy atom. The number of aryl methyl sites for hydroxylation is 1. The van der Waals surface area contributed by atoms with Crippen molar-refractivity contribution in [2.75, 3.05) is 13.1 Å². The Kier molecular flexibility index (Phi) is 4.41. The molecule has 3 heteroatoms. The number of carbonyl (C=O) groups is 1. The van der Waals surface area contributed by atoms with Crippen molar-refractivity contribution in [3.05, 3.63) is 71.4 Å². The van der Waals surface area contributed by atoms with Crippen LogP contribution >= 0.6 is 0 Å². The second kappa shape index (κ2) is 6.85. The number of aromatic nitrogens is 1. The molecule has 0 bridgehead atoms. The van der Waals surface area contributed by atoms with E-state index in [1.165, 1.54) is 27.7 Å². The SMILES string of the molecule is Cc1[nH]c2ccccc2c1CC1CN(Cc2ccccc2)CCC1=O. The lowest BCUT2D eigenvalue weighted by molar-refractivity contribution is -0.126. The van der Waals surface area contributed by atoms with Crippen LogP contribution in [0, 0.1) is 12.8 Å². The van der Waals surface area contributed by atoms with Gasteiger partial charge in [-0.3, -0.25) is 9.69 Å². The summed E-state index contributed by atoms with van der Waals surface area (Å²) in [5, 5.41) is 1.26. The summed E-state index contributed by atoms with van der Waals surface area (Å²) >= 11 is 0. The lowest BCUT2D eigenvalue weighted by atomic mass is 9.89. The van der Waals surface area contributed by atoms with Crippen LogP contribution in [-0.4, -0.2) is 28.8 Å². The third-order valence-corrected chi connectivity index (χ3v) is 5.33. The number of nitrogens with one attached hydrogen (secondary N) is 1. The van der Waals surface area contributed by atoms with E-state index in [1.807, 2.05) is 6.07 Å². The predicted octanol–water partition coefficient (Wildman–Crippen LogP) is 4.11. The van der Waals surface area contributed by atoms with Crippen LogP contribution in [0.15, 0.2) is 54.6 Å². The van der Waals surface area contributed by atoms with Crippen molar-refractivity contribution in [3.63, 3.8) is 0 Å². The largest absolute Gasteiger partial charge is 0.358 e. The number of likely N-dealkylation sites (tertiary alicyclic amines) is 1. The van der Waals surface area contributed by atoms with Gasteiger partial charge in [0.2, 0.25) is 0 Å². The molecule has 25 heavy (non-hydrogen) atoms. The van der Waals surface area contributed by atoms with Crippen molar-refractivity contribution in [2.24, 2.45) is 5.92 Å². The molecule has 2 aromatic carbocycles. The molecule has 1 aliphatic heterocycles. The van der Waals surface area contributed by atoms with E-state index in [0.717, 1.165) is 26.1 Å². The Bertz CT molecular complexity index is 881. The van der Waals surface area contributed by atoms with Gasteiger partial charge in [0, 0.05) is 48.6 Å². The maximum Gasteiger partial charge on any atom is 0.138 e. The van der Waals surface area contributed by atoms with Gasteiger partial charge in [-0.25, -0.2) is 0 Å². The molecule has 0 aliphatic carbocycles. The minimum atomic E-state index is 0.0929. The van der Waals surface area contributed by atoms with Crippen molar-refractivity contribution in [1.82, 2.24) is 9.88 Å². The minimum absolute atomic E-state index is 0.0929. The highest BCUT2D eigenvalue weighted by molar-refractivity contribution is 5.87. The fourth-order valence-electron chi connectivity index (χ4n) is 3.98. The number of rotatable bonds is 4. The number of H-pyrrole nitrogens is 1. The summed E-state index contributed by atoms with van der Waals surface area (Å²) in [5.74, 6) is 0.504. The first-order valence-corrected chi connectivity index (χ1v) is 9.06. The predicted molar refractivity (Wildman–Crippen MR) is 102 cm³/mol. The van der Waals surface area contributed by atoms with Crippen LogP contribution in [0.1, 0.15) is 23.2 Å². The molecule has 0 saturated carbocycles. The second-order valence-electron chi connectivity index (χ2n) is 7.11. The normalized spacial score (nSPS) is 18.8.